The van der Waals surface area contributed by atoms with E-state index >= 15 is 0 Å². The fourth-order valence-corrected chi connectivity index (χ4v) is 4.83. The van der Waals surface area contributed by atoms with Gasteiger partial charge in [-0.05, 0) is 24.7 Å². The second-order valence-electron chi connectivity index (χ2n) is 5.70. The van der Waals surface area contributed by atoms with Crippen molar-refractivity contribution in [1.29, 1.82) is 0 Å². The first-order chi connectivity index (χ1) is 8.53. The summed E-state index contributed by atoms with van der Waals surface area (Å²) >= 11 is 0. The zero-order valence-electron chi connectivity index (χ0n) is 11.5. The second kappa shape index (κ2) is 5.37. The van der Waals surface area contributed by atoms with E-state index < -0.39 is 8.32 Å². The molecule has 1 aliphatic carbocycles. The Morgan fingerprint density at radius 1 is 1.33 bits per heavy atom. The molecule has 0 saturated heterocycles. The van der Waals surface area contributed by atoms with E-state index in [0.29, 0.717) is 0 Å². The van der Waals surface area contributed by atoms with Gasteiger partial charge in [-0.25, -0.2) is 0 Å². The summed E-state index contributed by atoms with van der Waals surface area (Å²) in [6, 6.07) is 9.02. The summed E-state index contributed by atoms with van der Waals surface area (Å²) in [4.78, 5) is 12.2. The van der Waals surface area contributed by atoms with Gasteiger partial charge < -0.3 is 4.43 Å². The van der Waals surface area contributed by atoms with Gasteiger partial charge in [-0.1, -0.05) is 44.0 Å². The molecule has 0 aliphatic heterocycles. The monoisotopic (exact) mass is 262 g/mol. The van der Waals surface area contributed by atoms with Crippen LogP contribution in [0.4, 0.5) is 0 Å². The number of hydrogen-bond donors (Lipinski definition) is 0. The summed E-state index contributed by atoms with van der Waals surface area (Å²) < 4.78 is 6.18. The standard InChI is InChI=1S/C15H22O2Si/c1-4-5-10-18(2,3)17-14-11-12-8-6-7-9-13(12)15(14)16/h6-9,14H,4-5,10-11H2,1-3H3. The Balaban J connectivity index is 2.03. The largest absolute Gasteiger partial charge is 0.407 e. The van der Waals surface area contributed by atoms with Gasteiger partial charge in [-0.3, -0.25) is 4.79 Å². The van der Waals surface area contributed by atoms with E-state index in [1.54, 1.807) is 0 Å². The molecule has 98 valence electrons. The Hall–Kier alpha value is -0.933. The molecule has 0 amide bonds. The maximum atomic E-state index is 12.2. The number of fused-ring (bicyclic) bond motifs is 1. The number of benzene rings is 1. The molecule has 0 aromatic heterocycles. The lowest BCUT2D eigenvalue weighted by Gasteiger charge is -2.26. The number of hydrogen-bond acceptors (Lipinski definition) is 2. The normalized spacial score (nSPS) is 19.1. The molecule has 0 fully saturated rings. The van der Waals surface area contributed by atoms with Crippen LogP contribution in [0.15, 0.2) is 24.3 Å². The van der Waals surface area contributed by atoms with Crippen molar-refractivity contribution in [1.82, 2.24) is 0 Å². The molecule has 2 nitrogen and oxygen atoms in total. The van der Waals surface area contributed by atoms with Gasteiger partial charge in [0.15, 0.2) is 14.1 Å². The van der Waals surface area contributed by atoms with Crippen LogP contribution in [0.1, 0.15) is 35.7 Å². The summed E-state index contributed by atoms with van der Waals surface area (Å²) in [6.45, 7) is 6.64. The maximum absolute atomic E-state index is 12.2. The lowest BCUT2D eigenvalue weighted by atomic mass is 10.1. The number of Topliss-reactive ketones (excluding diaryl/α,β-unsaturated/α-hetero) is 1. The third kappa shape index (κ3) is 2.90. The van der Waals surface area contributed by atoms with Crippen molar-refractivity contribution in [2.75, 3.05) is 0 Å². The molecule has 0 radical (unpaired) electrons. The molecule has 0 N–H and O–H groups in total. The van der Waals surface area contributed by atoms with Crippen LogP contribution in [-0.2, 0) is 10.8 Å². The van der Waals surface area contributed by atoms with Crippen molar-refractivity contribution >= 4 is 14.1 Å². The molecule has 3 heteroatoms. The SMILES string of the molecule is CCCC[Si](C)(C)OC1Cc2ccccc2C1=O. The first-order valence-electron chi connectivity index (χ1n) is 6.83. The van der Waals surface area contributed by atoms with Gasteiger partial charge in [0.05, 0.1) is 0 Å². The average molecular weight is 262 g/mol. The predicted molar refractivity (Wildman–Crippen MR) is 76.5 cm³/mol. The summed E-state index contributed by atoms with van der Waals surface area (Å²) in [5, 5.41) is 0. The van der Waals surface area contributed by atoms with Crippen LogP contribution in [0.3, 0.4) is 0 Å². The van der Waals surface area contributed by atoms with Crippen LogP contribution in [0.5, 0.6) is 0 Å². The highest BCUT2D eigenvalue weighted by Crippen LogP contribution is 2.27. The minimum Gasteiger partial charge on any atom is -0.407 e. The fraction of sp³-hybridized carbons (Fsp3) is 0.533. The highest BCUT2D eigenvalue weighted by Gasteiger charge is 2.35. The molecule has 1 unspecified atom stereocenters. The number of carbonyl (C=O) groups excluding carboxylic acids is 1. The molecule has 0 saturated carbocycles. The van der Waals surface area contributed by atoms with Crippen molar-refractivity contribution in [3.8, 4) is 0 Å². The molecular formula is C15H22O2Si. The van der Waals surface area contributed by atoms with Gasteiger partial charge in [0, 0.05) is 12.0 Å². The Bertz CT molecular complexity index is 440. The van der Waals surface area contributed by atoms with Gasteiger partial charge in [0.1, 0.15) is 6.10 Å². The van der Waals surface area contributed by atoms with Gasteiger partial charge in [0.25, 0.3) is 0 Å². The van der Waals surface area contributed by atoms with E-state index in [9.17, 15) is 4.79 Å². The molecule has 1 aromatic carbocycles. The van der Waals surface area contributed by atoms with Gasteiger partial charge >= 0.3 is 0 Å². The topological polar surface area (TPSA) is 26.3 Å². The van der Waals surface area contributed by atoms with Crippen LogP contribution in [0.2, 0.25) is 19.1 Å². The van der Waals surface area contributed by atoms with Crippen molar-refractivity contribution in [2.45, 2.75) is 51.4 Å². The zero-order valence-corrected chi connectivity index (χ0v) is 12.5. The molecule has 2 rings (SSSR count). The molecule has 0 heterocycles. The van der Waals surface area contributed by atoms with Gasteiger partial charge in [-0.15, -0.1) is 0 Å². The van der Waals surface area contributed by atoms with Crippen LogP contribution in [0, 0.1) is 0 Å². The fourth-order valence-electron chi connectivity index (χ4n) is 2.55. The van der Waals surface area contributed by atoms with Crippen LogP contribution in [-0.4, -0.2) is 20.2 Å². The average Bonchev–Trinajstić information content (AvgIpc) is 2.64. The first kappa shape index (κ1) is 13.5. The Labute approximate surface area is 110 Å². The second-order valence-corrected chi connectivity index (χ2v) is 9.95. The van der Waals surface area contributed by atoms with E-state index in [1.165, 1.54) is 12.8 Å². The smallest absolute Gasteiger partial charge is 0.190 e. The number of rotatable bonds is 5. The van der Waals surface area contributed by atoms with E-state index in [0.717, 1.165) is 23.6 Å². The number of carbonyl (C=O) groups is 1. The van der Waals surface area contributed by atoms with Gasteiger partial charge in [0.2, 0.25) is 0 Å². The van der Waals surface area contributed by atoms with Crippen LogP contribution in [0.25, 0.3) is 0 Å². The third-order valence-electron chi connectivity index (χ3n) is 3.57. The maximum Gasteiger partial charge on any atom is 0.190 e. The first-order valence-corrected chi connectivity index (χ1v) is 9.95. The molecule has 1 aliphatic rings. The number of unbranched alkanes of at least 4 members (excludes halogenated alkanes) is 1. The summed E-state index contributed by atoms with van der Waals surface area (Å²) in [6.07, 6.45) is 2.93. The Kier molecular flexibility index (Phi) is 4.03. The molecule has 0 bridgehead atoms. The molecule has 0 spiro atoms. The van der Waals surface area contributed by atoms with Crippen LogP contribution >= 0.6 is 0 Å². The Morgan fingerprint density at radius 3 is 2.72 bits per heavy atom. The van der Waals surface area contributed by atoms with Crippen LogP contribution < -0.4 is 0 Å². The molecule has 18 heavy (non-hydrogen) atoms. The number of ketones is 1. The van der Waals surface area contributed by atoms with E-state index in [4.69, 9.17) is 4.43 Å². The summed E-state index contributed by atoms with van der Waals surface area (Å²) in [5.41, 5.74) is 2.01. The van der Waals surface area contributed by atoms with Crippen molar-refractivity contribution < 1.29 is 9.22 Å². The zero-order chi connectivity index (χ0) is 13.2. The molecular weight excluding hydrogens is 240 g/mol. The third-order valence-corrected chi connectivity index (χ3v) is 6.05. The van der Waals surface area contributed by atoms with Crippen molar-refractivity contribution in [2.24, 2.45) is 0 Å². The minimum absolute atomic E-state index is 0.183. The molecule has 1 aromatic rings. The highest BCUT2D eigenvalue weighted by molar-refractivity contribution is 6.71. The molecule has 1 atom stereocenters. The lowest BCUT2D eigenvalue weighted by Crippen LogP contribution is -2.38. The van der Waals surface area contributed by atoms with E-state index in [-0.39, 0.29) is 11.9 Å². The van der Waals surface area contributed by atoms with Gasteiger partial charge in [-0.2, -0.15) is 0 Å². The summed E-state index contributed by atoms with van der Waals surface area (Å²) in [5.74, 6) is 0.183. The van der Waals surface area contributed by atoms with E-state index in [2.05, 4.69) is 20.0 Å². The minimum atomic E-state index is -1.69. The predicted octanol–water partition coefficient (Wildman–Crippen LogP) is 3.82. The van der Waals surface area contributed by atoms with Crippen molar-refractivity contribution in [3.63, 3.8) is 0 Å². The van der Waals surface area contributed by atoms with Crippen molar-refractivity contribution in [3.05, 3.63) is 35.4 Å². The quantitative estimate of drug-likeness (QED) is 0.754. The Morgan fingerprint density at radius 2 is 2.06 bits per heavy atom. The summed E-state index contributed by atoms with van der Waals surface area (Å²) in [7, 11) is -1.69. The van der Waals surface area contributed by atoms with E-state index in [1.807, 2.05) is 24.3 Å². The highest BCUT2D eigenvalue weighted by atomic mass is 28.4. The lowest BCUT2D eigenvalue weighted by molar-refractivity contribution is 0.0806.